The van der Waals surface area contributed by atoms with Crippen LogP contribution in [0.2, 0.25) is 0 Å². The predicted octanol–water partition coefficient (Wildman–Crippen LogP) is 2.85. The van der Waals surface area contributed by atoms with Gasteiger partial charge in [0.1, 0.15) is 5.82 Å². The number of hydrogen-bond acceptors (Lipinski definition) is 2. The fourth-order valence-corrected chi connectivity index (χ4v) is 2.82. The van der Waals surface area contributed by atoms with E-state index in [1.807, 2.05) is 13.0 Å². The van der Waals surface area contributed by atoms with E-state index < -0.39 is 0 Å². The van der Waals surface area contributed by atoms with Gasteiger partial charge in [0.05, 0.1) is 4.70 Å². The largest absolute Gasteiger partial charge is 0.330 e. The summed E-state index contributed by atoms with van der Waals surface area (Å²) in [6.45, 7) is 2.64. The summed E-state index contributed by atoms with van der Waals surface area (Å²) in [5, 5.41) is 1.03. The van der Waals surface area contributed by atoms with Gasteiger partial charge < -0.3 is 5.73 Å². The van der Waals surface area contributed by atoms with E-state index in [1.165, 1.54) is 27.8 Å². The third kappa shape index (κ3) is 1.42. The highest BCUT2D eigenvalue weighted by atomic mass is 32.1. The molecule has 74 valence electrons. The Morgan fingerprint density at radius 3 is 2.93 bits per heavy atom. The molecule has 0 aliphatic carbocycles. The summed E-state index contributed by atoms with van der Waals surface area (Å²) in [4.78, 5) is 1.18. The van der Waals surface area contributed by atoms with E-state index in [0.717, 1.165) is 16.5 Å². The average Bonchev–Trinajstić information content (AvgIpc) is 2.47. The lowest BCUT2D eigenvalue weighted by atomic mass is 10.1. The van der Waals surface area contributed by atoms with Gasteiger partial charge in [-0.1, -0.05) is 12.1 Å². The first-order chi connectivity index (χ1) is 6.74. The molecular formula is C11H12FNS. The Hall–Kier alpha value is -0.930. The van der Waals surface area contributed by atoms with Gasteiger partial charge in [0, 0.05) is 4.88 Å². The number of hydrogen-bond donors (Lipinski definition) is 1. The van der Waals surface area contributed by atoms with Gasteiger partial charge in [-0.2, -0.15) is 0 Å². The zero-order chi connectivity index (χ0) is 10.1. The molecular weight excluding hydrogens is 197 g/mol. The maximum Gasteiger partial charge on any atom is 0.141 e. The molecule has 0 saturated carbocycles. The zero-order valence-electron chi connectivity index (χ0n) is 8.01. The van der Waals surface area contributed by atoms with Gasteiger partial charge in [-0.25, -0.2) is 4.39 Å². The molecule has 0 saturated heterocycles. The molecule has 3 heteroatoms. The molecule has 0 aliphatic rings. The van der Waals surface area contributed by atoms with Gasteiger partial charge in [-0.05, 0) is 36.9 Å². The second-order valence-corrected chi connectivity index (χ2v) is 4.52. The van der Waals surface area contributed by atoms with Crippen LogP contribution in [0.3, 0.4) is 0 Å². The van der Waals surface area contributed by atoms with E-state index >= 15 is 0 Å². The minimum atomic E-state index is -0.126. The lowest BCUT2D eigenvalue weighted by molar-refractivity contribution is 0.641. The lowest BCUT2D eigenvalue weighted by Crippen LogP contribution is -2.02. The number of nitrogens with two attached hydrogens (primary N) is 1. The van der Waals surface area contributed by atoms with Crippen LogP contribution in [0.4, 0.5) is 4.39 Å². The highest BCUT2D eigenvalue weighted by Gasteiger charge is 2.10. The van der Waals surface area contributed by atoms with Crippen molar-refractivity contribution >= 4 is 21.4 Å². The van der Waals surface area contributed by atoms with Crippen molar-refractivity contribution in [2.24, 2.45) is 5.73 Å². The zero-order valence-corrected chi connectivity index (χ0v) is 8.83. The summed E-state index contributed by atoms with van der Waals surface area (Å²) in [6.07, 6.45) is 0.829. The maximum absolute atomic E-state index is 13.4. The Morgan fingerprint density at radius 1 is 1.43 bits per heavy atom. The van der Waals surface area contributed by atoms with Crippen molar-refractivity contribution in [3.8, 4) is 0 Å². The monoisotopic (exact) mass is 209 g/mol. The molecule has 0 unspecified atom stereocenters. The molecule has 1 nitrogen and oxygen atoms in total. The minimum absolute atomic E-state index is 0.126. The molecule has 0 amide bonds. The first-order valence-electron chi connectivity index (χ1n) is 4.60. The summed E-state index contributed by atoms with van der Waals surface area (Å²) < 4.78 is 14.2. The summed E-state index contributed by atoms with van der Waals surface area (Å²) in [5.41, 5.74) is 6.73. The Labute approximate surface area is 86.4 Å². The van der Waals surface area contributed by atoms with Crippen LogP contribution < -0.4 is 5.73 Å². The van der Waals surface area contributed by atoms with Crippen LogP contribution in [0.25, 0.3) is 10.1 Å². The quantitative estimate of drug-likeness (QED) is 0.808. The van der Waals surface area contributed by atoms with Gasteiger partial charge in [-0.3, -0.25) is 0 Å². The Balaban J connectivity index is 2.70. The highest BCUT2D eigenvalue weighted by molar-refractivity contribution is 7.19. The Bertz CT molecular complexity index is 462. The van der Waals surface area contributed by atoms with Gasteiger partial charge in [0.2, 0.25) is 0 Å². The van der Waals surface area contributed by atoms with E-state index in [1.54, 1.807) is 6.07 Å². The van der Waals surface area contributed by atoms with Crippen LogP contribution in [0, 0.1) is 12.7 Å². The molecule has 14 heavy (non-hydrogen) atoms. The van der Waals surface area contributed by atoms with Crippen LogP contribution in [0.1, 0.15) is 10.4 Å². The van der Waals surface area contributed by atoms with Crippen molar-refractivity contribution in [2.45, 2.75) is 13.3 Å². The van der Waals surface area contributed by atoms with Crippen LogP contribution in [-0.4, -0.2) is 6.54 Å². The molecule has 0 aliphatic heterocycles. The van der Waals surface area contributed by atoms with E-state index in [2.05, 4.69) is 0 Å². The van der Waals surface area contributed by atoms with Gasteiger partial charge in [0.15, 0.2) is 0 Å². The van der Waals surface area contributed by atoms with Crippen molar-refractivity contribution in [1.82, 2.24) is 0 Å². The molecule has 0 atom stereocenters. The molecule has 0 fully saturated rings. The molecule has 2 aromatic rings. The molecule has 1 heterocycles. The smallest absolute Gasteiger partial charge is 0.141 e. The second kappa shape index (κ2) is 3.67. The topological polar surface area (TPSA) is 26.0 Å². The van der Waals surface area contributed by atoms with Crippen LogP contribution in [0.15, 0.2) is 18.2 Å². The number of benzene rings is 1. The van der Waals surface area contributed by atoms with Crippen molar-refractivity contribution in [1.29, 1.82) is 0 Å². The fourth-order valence-electron chi connectivity index (χ4n) is 1.71. The van der Waals surface area contributed by atoms with Crippen LogP contribution in [0.5, 0.6) is 0 Å². The van der Waals surface area contributed by atoms with Gasteiger partial charge in [-0.15, -0.1) is 11.3 Å². The van der Waals surface area contributed by atoms with Gasteiger partial charge >= 0.3 is 0 Å². The molecule has 2 rings (SSSR count). The lowest BCUT2D eigenvalue weighted by Gasteiger charge is -1.97. The predicted molar refractivity (Wildman–Crippen MR) is 59.3 cm³/mol. The van der Waals surface area contributed by atoms with E-state index in [0.29, 0.717) is 6.54 Å². The summed E-state index contributed by atoms with van der Waals surface area (Å²) in [5.74, 6) is -0.126. The van der Waals surface area contributed by atoms with Crippen LogP contribution in [-0.2, 0) is 6.42 Å². The van der Waals surface area contributed by atoms with E-state index in [-0.39, 0.29) is 5.82 Å². The normalized spacial score (nSPS) is 11.1. The highest BCUT2D eigenvalue weighted by Crippen LogP contribution is 2.32. The third-order valence-corrected chi connectivity index (χ3v) is 3.54. The first-order valence-corrected chi connectivity index (χ1v) is 5.42. The standard InChI is InChI=1S/C11H12FNS/c1-7-8(5-6-13)9-3-2-4-10(12)11(9)14-7/h2-4H,5-6,13H2,1H3. The SMILES string of the molecule is Cc1sc2c(F)cccc2c1CCN. The summed E-state index contributed by atoms with van der Waals surface area (Å²) >= 11 is 1.51. The summed E-state index contributed by atoms with van der Waals surface area (Å²) in [7, 11) is 0. The van der Waals surface area contributed by atoms with Crippen LogP contribution >= 0.6 is 11.3 Å². The number of halogens is 1. The Morgan fingerprint density at radius 2 is 2.21 bits per heavy atom. The molecule has 1 aromatic heterocycles. The molecule has 1 aromatic carbocycles. The number of fused-ring (bicyclic) bond motifs is 1. The Kier molecular flexibility index (Phi) is 2.52. The average molecular weight is 209 g/mol. The third-order valence-electron chi connectivity index (χ3n) is 2.37. The minimum Gasteiger partial charge on any atom is -0.330 e. The van der Waals surface area contributed by atoms with Crippen molar-refractivity contribution < 1.29 is 4.39 Å². The number of aryl methyl sites for hydroxylation is 1. The molecule has 0 bridgehead atoms. The van der Waals surface area contributed by atoms with Crippen molar-refractivity contribution in [2.75, 3.05) is 6.54 Å². The molecule has 2 N–H and O–H groups in total. The fraction of sp³-hybridized carbons (Fsp3) is 0.273. The van der Waals surface area contributed by atoms with Crippen molar-refractivity contribution in [3.05, 3.63) is 34.5 Å². The van der Waals surface area contributed by atoms with E-state index in [9.17, 15) is 4.39 Å². The number of rotatable bonds is 2. The molecule has 0 spiro atoms. The van der Waals surface area contributed by atoms with Crippen molar-refractivity contribution in [3.63, 3.8) is 0 Å². The second-order valence-electron chi connectivity index (χ2n) is 3.29. The van der Waals surface area contributed by atoms with E-state index in [4.69, 9.17) is 5.73 Å². The molecule has 0 radical (unpaired) electrons. The summed E-state index contributed by atoms with van der Waals surface area (Å²) in [6, 6.07) is 5.22. The van der Waals surface area contributed by atoms with Gasteiger partial charge in [0.25, 0.3) is 0 Å². The number of thiophene rings is 1. The first kappa shape index (κ1) is 9.62. The maximum atomic E-state index is 13.4.